The molecule has 3 N–H and O–H groups in total. The van der Waals surface area contributed by atoms with Gasteiger partial charge < -0.3 is 15.8 Å². The van der Waals surface area contributed by atoms with Crippen LogP contribution in [0.2, 0.25) is 5.28 Å². The van der Waals surface area contributed by atoms with Crippen molar-refractivity contribution in [1.29, 1.82) is 0 Å². The third-order valence-corrected chi connectivity index (χ3v) is 7.45. The minimum absolute atomic E-state index is 0.0225. The molecule has 2 aliphatic rings. The molecule has 11 heteroatoms. The fraction of sp³-hybridized carbons (Fsp3) is 0.577. The molecule has 1 fully saturated rings. The SMILES string of the molecule is CC(Nc1nc(Cl)nc2c1CC(CCC(=O)C1CCCCOCC1)C2)c1cc(N)c(F)c(C(F)(F)F)c1. The number of ether oxygens (including phenoxy) is 1. The average molecular weight is 543 g/mol. The molecule has 4 rings (SSSR count). The number of Topliss-reactive ketones (excluding diaryl/α,β-unsaturated/α-hetero) is 1. The minimum Gasteiger partial charge on any atom is -0.396 e. The van der Waals surface area contributed by atoms with E-state index >= 15 is 0 Å². The molecule has 1 saturated heterocycles. The minimum atomic E-state index is -4.87. The predicted octanol–water partition coefficient (Wildman–Crippen LogP) is 6.31. The highest BCUT2D eigenvalue weighted by atomic mass is 35.5. The van der Waals surface area contributed by atoms with Crippen molar-refractivity contribution in [1.82, 2.24) is 9.97 Å². The van der Waals surface area contributed by atoms with Crippen LogP contribution in [0, 0.1) is 17.7 Å². The van der Waals surface area contributed by atoms with E-state index in [1.165, 1.54) is 6.07 Å². The number of carbonyl (C=O) groups excluding carboxylic acids is 1. The first-order valence-corrected chi connectivity index (χ1v) is 13.0. The number of ketones is 1. The number of alkyl halides is 3. The lowest BCUT2D eigenvalue weighted by Gasteiger charge is -2.20. The van der Waals surface area contributed by atoms with Crippen molar-refractivity contribution in [3.05, 3.63) is 45.6 Å². The smallest absolute Gasteiger partial charge is 0.396 e. The van der Waals surface area contributed by atoms with Crippen molar-refractivity contribution in [3.8, 4) is 0 Å². The first-order valence-electron chi connectivity index (χ1n) is 12.6. The summed E-state index contributed by atoms with van der Waals surface area (Å²) in [5, 5.41) is 3.14. The molecule has 1 aromatic carbocycles. The van der Waals surface area contributed by atoms with E-state index in [4.69, 9.17) is 22.1 Å². The van der Waals surface area contributed by atoms with E-state index in [1.807, 2.05) is 0 Å². The highest BCUT2D eigenvalue weighted by molar-refractivity contribution is 6.28. The van der Waals surface area contributed by atoms with Crippen molar-refractivity contribution in [3.63, 3.8) is 0 Å². The number of anilines is 2. The lowest BCUT2D eigenvalue weighted by Crippen LogP contribution is -2.20. The molecule has 1 aliphatic heterocycles. The highest BCUT2D eigenvalue weighted by Gasteiger charge is 2.36. The molecule has 0 saturated carbocycles. The summed E-state index contributed by atoms with van der Waals surface area (Å²) in [5.41, 5.74) is 5.30. The van der Waals surface area contributed by atoms with E-state index in [9.17, 15) is 22.4 Å². The van der Waals surface area contributed by atoms with Crippen LogP contribution in [0.3, 0.4) is 0 Å². The zero-order valence-electron chi connectivity index (χ0n) is 20.6. The summed E-state index contributed by atoms with van der Waals surface area (Å²) < 4.78 is 59.4. The standard InChI is InChI=1S/C26H31ClF4N4O2/c1-14(17-12-19(26(29,30)31)23(28)20(32)13-17)33-24-18-10-15(11-21(18)34-25(27)35-24)5-6-22(36)16-4-2-3-8-37-9-7-16/h12-16H,2-11,32H2,1H3,(H,33,34,35). The number of carbonyl (C=O) groups is 1. The Kier molecular flexibility index (Phi) is 8.58. The molecule has 1 aliphatic carbocycles. The Hall–Kier alpha value is -2.46. The zero-order valence-corrected chi connectivity index (χ0v) is 21.4. The molecule has 37 heavy (non-hydrogen) atoms. The summed E-state index contributed by atoms with van der Waals surface area (Å²) in [6.07, 6.45) is 1.24. The second kappa shape index (κ2) is 11.5. The maximum absolute atomic E-state index is 14.0. The Labute approximate surface area is 218 Å². The predicted molar refractivity (Wildman–Crippen MR) is 133 cm³/mol. The normalized spacial score (nSPS) is 21.1. The summed E-state index contributed by atoms with van der Waals surface area (Å²) in [5.74, 6) is -0.567. The molecule has 0 spiro atoms. The van der Waals surface area contributed by atoms with Gasteiger partial charge in [0.1, 0.15) is 11.6 Å². The maximum atomic E-state index is 14.0. The van der Waals surface area contributed by atoms with Gasteiger partial charge in [-0.25, -0.2) is 14.4 Å². The summed E-state index contributed by atoms with van der Waals surface area (Å²) in [6, 6.07) is 1.27. The summed E-state index contributed by atoms with van der Waals surface area (Å²) in [4.78, 5) is 21.5. The van der Waals surface area contributed by atoms with Gasteiger partial charge in [-0.2, -0.15) is 13.2 Å². The lowest BCUT2D eigenvalue weighted by molar-refractivity contribution is -0.140. The fourth-order valence-corrected chi connectivity index (χ4v) is 5.38. The molecule has 0 radical (unpaired) electrons. The third kappa shape index (κ3) is 6.71. The van der Waals surface area contributed by atoms with E-state index in [-0.39, 0.29) is 28.5 Å². The third-order valence-electron chi connectivity index (χ3n) is 7.28. The van der Waals surface area contributed by atoms with E-state index < -0.39 is 29.3 Å². The summed E-state index contributed by atoms with van der Waals surface area (Å²) in [7, 11) is 0. The fourth-order valence-electron chi connectivity index (χ4n) is 5.20. The molecule has 1 aromatic heterocycles. The van der Waals surface area contributed by atoms with Crippen LogP contribution in [0.15, 0.2) is 12.1 Å². The van der Waals surface area contributed by atoms with E-state index in [0.717, 1.165) is 49.6 Å². The van der Waals surface area contributed by atoms with Crippen LogP contribution in [0.25, 0.3) is 0 Å². The van der Waals surface area contributed by atoms with Crippen LogP contribution in [0.1, 0.15) is 73.9 Å². The first kappa shape index (κ1) is 27.6. The number of benzene rings is 1. The Bertz CT molecular complexity index is 1140. The van der Waals surface area contributed by atoms with Crippen molar-refractivity contribution in [2.45, 2.75) is 70.5 Å². The van der Waals surface area contributed by atoms with E-state index in [1.54, 1.807) is 6.92 Å². The van der Waals surface area contributed by atoms with Gasteiger partial charge >= 0.3 is 6.18 Å². The highest BCUT2D eigenvalue weighted by Crippen LogP contribution is 2.38. The van der Waals surface area contributed by atoms with Crippen LogP contribution in [0.4, 0.5) is 29.1 Å². The number of halogens is 5. The summed E-state index contributed by atoms with van der Waals surface area (Å²) >= 11 is 6.15. The average Bonchev–Trinajstić information content (AvgIpc) is 3.21. The van der Waals surface area contributed by atoms with Crippen molar-refractivity contribution < 1.29 is 27.1 Å². The molecule has 6 nitrogen and oxygen atoms in total. The van der Waals surface area contributed by atoms with Gasteiger partial charge in [0.15, 0.2) is 5.82 Å². The van der Waals surface area contributed by atoms with Gasteiger partial charge in [0.2, 0.25) is 5.28 Å². The Morgan fingerprint density at radius 3 is 2.76 bits per heavy atom. The van der Waals surface area contributed by atoms with Gasteiger partial charge in [-0.05, 0) is 80.7 Å². The lowest BCUT2D eigenvalue weighted by atomic mass is 9.88. The number of hydrogen-bond donors (Lipinski definition) is 2. The second-order valence-corrected chi connectivity index (χ2v) is 10.3. The van der Waals surface area contributed by atoms with Gasteiger partial charge in [-0.1, -0.05) is 6.42 Å². The van der Waals surface area contributed by atoms with Gasteiger partial charge in [0.25, 0.3) is 0 Å². The molecule has 3 unspecified atom stereocenters. The Morgan fingerprint density at radius 2 is 2.00 bits per heavy atom. The number of nitrogen functional groups attached to an aromatic ring is 1. The molecule has 3 atom stereocenters. The van der Waals surface area contributed by atoms with Crippen LogP contribution < -0.4 is 11.1 Å². The zero-order chi connectivity index (χ0) is 26.7. The van der Waals surface area contributed by atoms with Crippen LogP contribution in [-0.2, 0) is 28.5 Å². The van der Waals surface area contributed by atoms with Crippen LogP contribution >= 0.6 is 11.6 Å². The molecular weight excluding hydrogens is 512 g/mol. The molecular formula is C26H31ClF4N4O2. The number of nitrogens with one attached hydrogen (secondary N) is 1. The number of nitrogens with zero attached hydrogens (tertiary/aromatic N) is 2. The molecule has 2 aromatic rings. The van der Waals surface area contributed by atoms with E-state index in [0.29, 0.717) is 38.1 Å². The van der Waals surface area contributed by atoms with Crippen molar-refractivity contribution in [2.75, 3.05) is 24.3 Å². The topological polar surface area (TPSA) is 90.1 Å². The Morgan fingerprint density at radius 1 is 1.22 bits per heavy atom. The Balaban J connectivity index is 1.44. The van der Waals surface area contributed by atoms with Gasteiger partial charge in [0, 0.05) is 31.1 Å². The first-order chi connectivity index (χ1) is 17.5. The number of fused-ring (bicyclic) bond motifs is 1. The quantitative estimate of drug-likeness (QED) is 0.242. The largest absolute Gasteiger partial charge is 0.419 e. The monoisotopic (exact) mass is 542 g/mol. The molecule has 2 heterocycles. The number of hydrogen-bond acceptors (Lipinski definition) is 6. The maximum Gasteiger partial charge on any atom is 0.419 e. The number of rotatable bonds is 7. The van der Waals surface area contributed by atoms with Gasteiger partial charge in [0.05, 0.1) is 23.0 Å². The van der Waals surface area contributed by atoms with Crippen LogP contribution in [-0.4, -0.2) is 29.0 Å². The van der Waals surface area contributed by atoms with Crippen molar-refractivity contribution >= 4 is 28.9 Å². The van der Waals surface area contributed by atoms with Gasteiger partial charge in [-0.15, -0.1) is 0 Å². The number of aromatic nitrogens is 2. The number of nitrogens with two attached hydrogens (primary N) is 1. The van der Waals surface area contributed by atoms with E-state index in [2.05, 4.69) is 15.3 Å². The molecule has 202 valence electrons. The summed E-state index contributed by atoms with van der Waals surface area (Å²) in [6.45, 7) is 3.02. The second-order valence-electron chi connectivity index (χ2n) is 9.97. The van der Waals surface area contributed by atoms with Crippen molar-refractivity contribution in [2.24, 2.45) is 11.8 Å². The molecule has 0 amide bonds. The van der Waals surface area contributed by atoms with Crippen LogP contribution in [0.5, 0.6) is 0 Å². The molecule has 0 bridgehead atoms. The van der Waals surface area contributed by atoms with Gasteiger partial charge in [-0.3, -0.25) is 4.79 Å².